The van der Waals surface area contributed by atoms with Crippen molar-refractivity contribution in [1.82, 2.24) is 0 Å². The number of methoxy groups -OCH3 is 1. The highest BCUT2D eigenvalue weighted by atomic mass is 32.2. The molecule has 1 amide bonds. The Balaban J connectivity index is 1.70. The van der Waals surface area contributed by atoms with Crippen LogP contribution in [0.15, 0.2) is 48.5 Å². The van der Waals surface area contributed by atoms with Crippen LogP contribution in [0, 0.1) is 0 Å². The van der Waals surface area contributed by atoms with Crippen LogP contribution < -0.4 is 15.0 Å². The maximum atomic E-state index is 12.4. The molecular weight excluding hydrogens is 364 g/mol. The molecule has 144 valence electrons. The van der Waals surface area contributed by atoms with Crippen molar-refractivity contribution < 1.29 is 17.9 Å². The maximum absolute atomic E-state index is 12.4. The zero-order valence-corrected chi connectivity index (χ0v) is 16.3. The zero-order valence-electron chi connectivity index (χ0n) is 15.5. The molecular formula is C20H24N2O4S. The summed E-state index contributed by atoms with van der Waals surface area (Å²) in [6.07, 6.45) is 0.657. The number of hydrogen-bond acceptors (Lipinski definition) is 5. The molecule has 1 aliphatic heterocycles. The molecule has 1 unspecified atom stereocenters. The molecule has 0 saturated carbocycles. The van der Waals surface area contributed by atoms with Gasteiger partial charge in [-0.2, -0.15) is 0 Å². The van der Waals surface area contributed by atoms with Crippen LogP contribution in [0.1, 0.15) is 23.7 Å². The van der Waals surface area contributed by atoms with E-state index in [1.54, 1.807) is 31.4 Å². The Morgan fingerprint density at radius 2 is 1.96 bits per heavy atom. The first-order chi connectivity index (χ1) is 12.9. The number of rotatable bonds is 6. The van der Waals surface area contributed by atoms with Gasteiger partial charge in [0.25, 0.3) is 5.91 Å². The third-order valence-electron chi connectivity index (χ3n) is 4.78. The molecule has 2 aromatic rings. The Morgan fingerprint density at radius 3 is 2.56 bits per heavy atom. The van der Waals surface area contributed by atoms with Crippen LogP contribution in [0.3, 0.4) is 0 Å². The van der Waals surface area contributed by atoms with Gasteiger partial charge < -0.3 is 15.0 Å². The van der Waals surface area contributed by atoms with Crippen molar-refractivity contribution in [3.63, 3.8) is 0 Å². The molecule has 1 fully saturated rings. The molecule has 3 rings (SSSR count). The second-order valence-electron chi connectivity index (χ2n) is 6.58. The van der Waals surface area contributed by atoms with Gasteiger partial charge in [-0.3, -0.25) is 4.79 Å². The minimum atomic E-state index is -2.93. The number of sulfone groups is 1. The van der Waals surface area contributed by atoms with Crippen LogP contribution in [0.25, 0.3) is 0 Å². The summed E-state index contributed by atoms with van der Waals surface area (Å²) in [5.74, 6) is 0.872. The van der Waals surface area contributed by atoms with E-state index in [0.29, 0.717) is 23.4 Å². The highest BCUT2D eigenvalue weighted by molar-refractivity contribution is 7.91. The fraction of sp³-hybridized carbons (Fsp3) is 0.350. The van der Waals surface area contributed by atoms with Crippen molar-refractivity contribution in [2.75, 3.05) is 35.4 Å². The van der Waals surface area contributed by atoms with Crippen LogP contribution in [-0.4, -0.2) is 45.5 Å². The van der Waals surface area contributed by atoms with E-state index in [4.69, 9.17) is 4.74 Å². The van der Waals surface area contributed by atoms with Crippen LogP contribution in [-0.2, 0) is 9.84 Å². The first-order valence-electron chi connectivity index (χ1n) is 8.94. The summed E-state index contributed by atoms with van der Waals surface area (Å²) in [5, 5.41) is 2.87. The largest absolute Gasteiger partial charge is 0.497 e. The molecule has 6 nitrogen and oxygen atoms in total. The number of ether oxygens (including phenoxy) is 1. The maximum Gasteiger partial charge on any atom is 0.255 e. The SMILES string of the molecule is CCN(c1ccc(NC(=O)c2cccc(OC)c2)cc1)C1CCS(=O)(=O)C1. The van der Waals surface area contributed by atoms with Gasteiger partial charge in [0.05, 0.1) is 18.6 Å². The highest BCUT2D eigenvalue weighted by Crippen LogP contribution is 2.26. The topological polar surface area (TPSA) is 75.7 Å². The van der Waals surface area contributed by atoms with Crippen molar-refractivity contribution in [1.29, 1.82) is 0 Å². The van der Waals surface area contributed by atoms with Crippen molar-refractivity contribution in [3.05, 3.63) is 54.1 Å². The van der Waals surface area contributed by atoms with Crippen molar-refractivity contribution >= 4 is 27.1 Å². The smallest absolute Gasteiger partial charge is 0.255 e. The summed E-state index contributed by atoms with van der Waals surface area (Å²) < 4.78 is 28.7. The molecule has 0 radical (unpaired) electrons. The average Bonchev–Trinajstić information content (AvgIpc) is 3.03. The summed E-state index contributed by atoms with van der Waals surface area (Å²) in [5.41, 5.74) is 2.16. The lowest BCUT2D eigenvalue weighted by Crippen LogP contribution is -2.36. The van der Waals surface area contributed by atoms with E-state index < -0.39 is 9.84 Å². The van der Waals surface area contributed by atoms with Crippen molar-refractivity contribution in [3.8, 4) is 5.75 Å². The second-order valence-corrected chi connectivity index (χ2v) is 8.80. The van der Waals surface area contributed by atoms with Crippen LogP contribution in [0.4, 0.5) is 11.4 Å². The van der Waals surface area contributed by atoms with Crippen LogP contribution in [0.5, 0.6) is 5.75 Å². The van der Waals surface area contributed by atoms with Gasteiger partial charge in [0.2, 0.25) is 0 Å². The first kappa shape index (κ1) is 19.2. The Hall–Kier alpha value is -2.54. The molecule has 1 aliphatic rings. The van der Waals surface area contributed by atoms with Gasteiger partial charge >= 0.3 is 0 Å². The van der Waals surface area contributed by atoms with E-state index in [2.05, 4.69) is 10.2 Å². The number of carbonyl (C=O) groups excluding carboxylic acids is 1. The molecule has 0 bridgehead atoms. The Kier molecular flexibility index (Phi) is 5.70. The summed E-state index contributed by atoms with van der Waals surface area (Å²) in [6.45, 7) is 2.75. The van der Waals surface area contributed by atoms with Crippen molar-refractivity contribution in [2.24, 2.45) is 0 Å². The number of hydrogen-bond donors (Lipinski definition) is 1. The van der Waals surface area contributed by atoms with Gasteiger partial charge in [0.15, 0.2) is 9.84 Å². The summed E-state index contributed by atoms with van der Waals surface area (Å²) in [7, 11) is -1.37. The third-order valence-corrected chi connectivity index (χ3v) is 6.53. The number of nitrogens with zero attached hydrogens (tertiary/aromatic N) is 1. The monoisotopic (exact) mass is 388 g/mol. The van der Waals surface area contributed by atoms with E-state index in [-0.39, 0.29) is 23.5 Å². The number of carbonyl (C=O) groups is 1. The fourth-order valence-electron chi connectivity index (χ4n) is 3.38. The second kappa shape index (κ2) is 8.00. The number of anilines is 2. The quantitative estimate of drug-likeness (QED) is 0.823. The van der Waals surface area contributed by atoms with Gasteiger partial charge in [-0.05, 0) is 55.8 Å². The molecule has 0 spiro atoms. The summed E-state index contributed by atoms with van der Waals surface area (Å²) in [6, 6.07) is 14.5. The molecule has 1 atom stereocenters. The van der Waals surface area contributed by atoms with Gasteiger partial charge in [-0.1, -0.05) is 6.07 Å². The molecule has 7 heteroatoms. The standard InChI is InChI=1S/C20H24N2O4S/c1-3-22(18-11-12-27(24,25)14-18)17-9-7-16(8-10-17)21-20(23)15-5-4-6-19(13-15)26-2/h4-10,13,18H,3,11-12,14H2,1-2H3,(H,21,23). The highest BCUT2D eigenvalue weighted by Gasteiger charge is 2.31. The molecule has 1 heterocycles. The number of benzene rings is 2. The molecule has 0 aromatic heterocycles. The van der Waals surface area contributed by atoms with Crippen molar-refractivity contribution in [2.45, 2.75) is 19.4 Å². The predicted molar refractivity (Wildman–Crippen MR) is 107 cm³/mol. The number of nitrogens with one attached hydrogen (secondary N) is 1. The van der Waals surface area contributed by atoms with E-state index in [1.807, 2.05) is 31.2 Å². The minimum absolute atomic E-state index is 0.0113. The van der Waals surface area contributed by atoms with Crippen LogP contribution >= 0.6 is 0 Å². The normalized spacial score (nSPS) is 18.1. The lowest BCUT2D eigenvalue weighted by atomic mass is 10.1. The van der Waals surface area contributed by atoms with E-state index >= 15 is 0 Å². The predicted octanol–water partition coefficient (Wildman–Crippen LogP) is 2.96. The van der Waals surface area contributed by atoms with E-state index in [0.717, 1.165) is 12.2 Å². The molecule has 0 aliphatic carbocycles. The molecule has 2 aromatic carbocycles. The average molecular weight is 388 g/mol. The third kappa shape index (κ3) is 4.60. The Labute approximate surface area is 160 Å². The molecule has 1 N–H and O–H groups in total. The van der Waals surface area contributed by atoms with Gasteiger partial charge in [-0.15, -0.1) is 0 Å². The first-order valence-corrected chi connectivity index (χ1v) is 10.8. The Morgan fingerprint density at radius 1 is 1.22 bits per heavy atom. The zero-order chi connectivity index (χ0) is 19.4. The van der Waals surface area contributed by atoms with Crippen LogP contribution in [0.2, 0.25) is 0 Å². The van der Waals surface area contributed by atoms with E-state index in [1.165, 1.54) is 0 Å². The molecule has 27 heavy (non-hydrogen) atoms. The lowest BCUT2D eigenvalue weighted by molar-refractivity contribution is 0.102. The number of amides is 1. The minimum Gasteiger partial charge on any atom is -0.497 e. The lowest BCUT2D eigenvalue weighted by Gasteiger charge is -2.29. The fourth-order valence-corrected chi connectivity index (χ4v) is 5.11. The van der Waals surface area contributed by atoms with Gasteiger partial charge in [0.1, 0.15) is 5.75 Å². The van der Waals surface area contributed by atoms with E-state index in [9.17, 15) is 13.2 Å². The summed E-state index contributed by atoms with van der Waals surface area (Å²) >= 11 is 0. The molecule has 1 saturated heterocycles. The van der Waals surface area contributed by atoms with Gasteiger partial charge in [0, 0.05) is 29.5 Å². The van der Waals surface area contributed by atoms with Gasteiger partial charge in [-0.25, -0.2) is 8.42 Å². The summed E-state index contributed by atoms with van der Waals surface area (Å²) in [4.78, 5) is 14.5. The Bertz CT molecular complexity index is 910.